The van der Waals surface area contributed by atoms with Crippen LogP contribution in [-0.4, -0.2) is 33.6 Å². The monoisotopic (exact) mass is 476 g/mol. The molecule has 0 saturated carbocycles. The fraction of sp³-hybridized carbons (Fsp3) is 0.250. The number of rotatable bonds is 3. The molecule has 3 aromatic rings. The molecule has 0 fully saturated rings. The number of carbonyl (C=O) groups excluding carboxylic acids is 2. The molecule has 0 aliphatic rings. The zero-order chi connectivity index (χ0) is 20.8. The molecule has 0 spiro atoms. The normalized spacial score (nSPS) is 11.7. The number of carbonyl (C=O) groups is 2. The standard InChI is InChI=1S/C16H12BrF3N4O3S/c1-6-4-9(16(18,19)20)24-12(21-6)10(17)11(23-24)13(25)22-14-8(15(26)27-3)5-7(2)28-14/h4-5H,1-3H3,(H,22,25). The van der Waals surface area contributed by atoms with Crippen LogP contribution in [0.15, 0.2) is 16.6 Å². The molecule has 0 aromatic carbocycles. The Morgan fingerprint density at radius 1 is 1.29 bits per heavy atom. The van der Waals surface area contributed by atoms with E-state index in [0.29, 0.717) is 4.52 Å². The minimum atomic E-state index is -4.69. The second kappa shape index (κ2) is 7.17. The second-order valence-electron chi connectivity index (χ2n) is 5.72. The summed E-state index contributed by atoms with van der Waals surface area (Å²) in [5.41, 5.74) is -1.24. The Labute approximate surface area is 168 Å². The Morgan fingerprint density at radius 2 is 1.96 bits per heavy atom. The van der Waals surface area contributed by atoms with Crippen LogP contribution in [-0.2, 0) is 10.9 Å². The summed E-state index contributed by atoms with van der Waals surface area (Å²) in [5, 5.41) is 6.49. The third kappa shape index (κ3) is 3.61. The van der Waals surface area contributed by atoms with Crippen LogP contribution in [0.2, 0.25) is 0 Å². The van der Waals surface area contributed by atoms with Gasteiger partial charge < -0.3 is 10.1 Å². The molecule has 3 heterocycles. The number of alkyl halides is 3. The molecule has 0 bridgehead atoms. The smallest absolute Gasteiger partial charge is 0.433 e. The van der Waals surface area contributed by atoms with Crippen LogP contribution in [0.25, 0.3) is 5.65 Å². The Morgan fingerprint density at radius 3 is 2.57 bits per heavy atom. The lowest BCUT2D eigenvalue weighted by molar-refractivity contribution is -0.142. The van der Waals surface area contributed by atoms with Gasteiger partial charge in [0.15, 0.2) is 11.3 Å². The maximum Gasteiger partial charge on any atom is 0.433 e. The number of hydrogen-bond acceptors (Lipinski definition) is 6. The number of esters is 1. The van der Waals surface area contributed by atoms with Crippen molar-refractivity contribution in [1.82, 2.24) is 14.6 Å². The number of methoxy groups -OCH3 is 1. The summed E-state index contributed by atoms with van der Waals surface area (Å²) in [6.45, 7) is 3.14. The highest BCUT2D eigenvalue weighted by atomic mass is 79.9. The number of anilines is 1. The first-order valence-electron chi connectivity index (χ1n) is 7.66. The minimum Gasteiger partial charge on any atom is -0.465 e. The Hall–Kier alpha value is -2.47. The number of aromatic nitrogens is 3. The number of ether oxygens (including phenoxy) is 1. The zero-order valence-corrected chi connectivity index (χ0v) is 17.0. The van der Waals surface area contributed by atoms with Crippen molar-refractivity contribution in [2.45, 2.75) is 20.0 Å². The third-order valence-corrected chi connectivity index (χ3v) is 5.35. The Kier molecular flexibility index (Phi) is 5.19. The predicted octanol–water partition coefficient (Wildman–Crippen LogP) is 4.23. The summed E-state index contributed by atoms with van der Waals surface area (Å²) >= 11 is 4.23. The molecule has 148 valence electrons. The summed E-state index contributed by atoms with van der Waals surface area (Å²) < 4.78 is 45.2. The van der Waals surface area contributed by atoms with E-state index < -0.39 is 23.7 Å². The van der Waals surface area contributed by atoms with Gasteiger partial charge in [0.25, 0.3) is 5.91 Å². The lowest BCUT2D eigenvalue weighted by atomic mass is 10.3. The van der Waals surface area contributed by atoms with Crippen LogP contribution in [0, 0.1) is 13.8 Å². The summed E-state index contributed by atoms with van der Waals surface area (Å²) in [7, 11) is 1.20. The lowest BCUT2D eigenvalue weighted by Gasteiger charge is -2.09. The van der Waals surface area contributed by atoms with E-state index >= 15 is 0 Å². The first kappa shape index (κ1) is 20.3. The molecule has 0 unspecified atom stereocenters. The van der Waals surface area contributed by atoms with Crippen molar-refractivity contribution >= 4 is 49.8 Å². The number of fused-ring (bicyclic) bond motifs is 1. The number of aryl methyl sites for hydroxylation is 2. The largest absolute Gasteiger partial charge is 0.465 e. The Bertz CT molecular complexity index is 1110. The van der Waals surface area contributed by atoms with E-state index in [1.807, 2.05) is 0 Å². The van der Waals surface area contributed by atoms with Gasteiger partial charge in [-0.25, -0.2) is 14.3 Å². The summed E-state index contributed by atoms with van der Waals surface area (Å²) in [5.74, 6) is -1.44. The molecule has 3 rings (SSSR count). The minimum absolute atomic E-state index is 0.00657. The SMILES string of the molecule is COC(=O)c1cc(C)sc1NC(=O)c1nn2c(C(F)(F)F)cc(C)nc2c1Br. The molecule has 0 aliphatic carbocycles. The maximum atomic E-state index is 13.3. The quantitative estimate of drug-likeness (QED) is 0.571. The van der Waals surface area contributed by atoms with Crippen molar-refractivity contribution in [3.8, 4) is 0 Å². The third-order valence-electron chi connectivity index (χ3n) is 3.65. The fourth-order valence-electron chi connectivity index (χ4n) is 2.49. The topological polar surface area (TPSA) is 85.6 Å². The highest BCUT2D eigenvalue weighted by Crippen LogP contribution is 2.33. The van der Waals surface area contributed by atoms with Crippen LogP contribution < -0.4 is 5.32 Å². The van der Waals surface area contributed by atoms with Crippen molar-refractivity contribution in [3.63, 3.8) is 0 Å². The summed E-state index contributed by atoms with van der Waals surface area (Å²) in [6.07, 6.45) is -4.69. The molecule has 0 radical (unpaired) electrons. The van der Waals surface area contributed by atoms with Crippen LogP contribution in [0.5, 0.6) is 0 Å². The number of nitrogens with one attached hydrogen (secondary N) is 1. The molecule has 0 atom stereocenters. The first-order valence-corrected chi connectivity index (χ1v) is 9.27. The predicted molar refractivity (Wildman–Crippen MR) is 98.8 cm³/mol. The van der Waals surface area contributed by atoms with Gasteiger partial charge in [0.05, 0.1) is 17.1 Å². The second-order valence-corrected chi connectivity index (χ2v) is 7.77. The number of halogens is 4. The van der Waals surface area contributed by atoms with Crippen molar-refractivity contribution in [2.75, 3.05) is 12.4 Å². The van der Waals surface area contributed by atoms with E-state index in [2.05, 4.69) is 36.1 Å². The molecular weight excluding hydrogens is 465 g/mol. The van der Waals surface area contributed by atoms with E-state index in [-0.39, 0.29) is 32.1 Å². The molecule has 3 aromatic heterocycles. The maximum absolute atomic E-state index is 13.3. The number of hydrogen-bond donors (Lipinski definition) is 1. The van der Waals surface area contributed by atoms with E-state index in [9.17, 15) is 22.8 Å². The van der Waals surface area contributed by atoms with E-state index in [4.69, 9.17) is 0 Å². The number of thiophene rings is 1. The molecule has 12 heteroatoms. The first-order chi connectivity index (χ1) is 13.0. The van der Waals surface area contributed by atoms with Gasteiger partial charge in [-0.15, -0.1) is 11.3 Å². The van der Waals surface area contributed by atoms with Gasteiger partial charge in [0.1, 0.15) is 10.7 Å². The van der Waals surface area contributed by atoms with Crippen molar-refractivity contribution < 1.29 is 27.5 Å². The molecule has 0 saturated heterocycles. The number of nitrogens with zero attached hydrogens (tertiary/aromatic N) is 3. The van der Waals surface area contributed by atoms with Gasteiger partial charge in [-0.05, 0) is 41.9 Å². The van der Waals surface area contributed by atoms with Crippen LogP contribution in [0.3, 0.4) is 0 Å². The summed E-state index contributed by atoms with van der Waals surface area (Å²) in [6, 6.07) is 2.38. The molecule has 1 N–H and O–H groups in total. The van der Waals surface area contributed by atoms with Gasteiger partial charge in [0.2, 0.25) is 0 Å². The molecule has 1 amide bonds. The van der Waals surface area contributed by atoms with Gasteiger partial charge in [0, 0.05) is 10.6 Å². The molecule has 7 nitrogen and oxygen atoms in total. The Balaban J connectivity index is 2.07. The van der Waals surface area contributed by atoms with Gasteiger partial charge in [-0.2, -0.15) is 18.3 Å². The molecular formula is C16H12BrF3N4O3S. The van der Waals surface area contributed by atoms with Gasteiger partial charge in [-0.1, -0.05) is 0 Å². The fourth-order valence-corrected chi connectivity index (χ4v) is 3.90. The number of amides is 1. The molecule has 0 aliphatic heterocycles. The zero-order valence-electron chi connectivity index (χ0n) is 14.6. The van der Waals surface area contributed by atoms with Gasteiger partial charge >= 0.3 is 12.1 Å². The highest BCUT2D eigenvalue weighted by molar-refractivity contribution is 9.10. The van der Waals surface area contributed by atoms with Crippen LogP contribution >= 0.6 is 27.3 Å². The highest BCUT2D eigenvalue weighted by Gasteiger charge is 2.36. The van der Waals surface area contributed by atoms with Crippen LogP contribution in [0.4, 0.5) is 18.2 Å². The molecule has 28 heavy (non-hydrogen) atoms. The van der Waals surface area contributed by atoms with E-state index in [1.165, 1.54) is 20.1 Å². The van der Waals surface area contributed by atoms with Crippen molar-refractivity contribution in [1.29, 1.82) is 0 Å². The van der Waals surface area contributed by atoms with Crippen molar-refractivity contribution in [2.24, 2.45) is 0 Å². The average Bonchev–Trinajstić information content (AvgIpc) is 3.13. The summed E-state index contributed by atoms with van der Waals surface area (Å²) in [4.78, 5) is 29.2. The lowest BCUT2D eigenvalue weighted by Crippen LogP contribution is -2.16. The van der Waals surface area contributed by atoms with Gasteiger partial charge in [-0.3, -0.25) is 4.79 Å². The van der Waals surface area contributed by atoms with E-state index in [0.717, 1.165) is 22.3 Å². The van der Waals surface area contributed by atoms with E-state index in [1.54, 1.807) is 6.92 Å². The van der Waals surface area contributed by atoms with Crippen molar-refractivity contribution in [3.05, 3.63) is 44.1 Å². The average molecular weight is 477 g/mol. The van der Waals surface area contributed by atoms with Crippen LogP contribution in [0.1, 0.15) is 37.1 Å².